The van der Waals surface area contributed by atoms with Gasteiger partial charge in [0.1, 0.15) is 23.2 Å². The SMILES string of the molecule is Cc1noc(-c2cccc(-c3cccc(C(=O)O)n3)c2)c1NC(=O)OC(C)c1ccccc1Cl. The zero-order chi connectivity index (χ0) is 24.2. The standard InChI is InChI=1S/C25H20ClN3O5/c1-14-22(28-25(32)33-15(2)18-9-3-4-10-19(18)26)23(34-29-14)17-8-5-7-16(13-17)20-11-6-12-21(27-20)24(30)31/h3-13,15H,1-2H3,(H,28,32)(H,30,31). The van der Waals surface area contributed by atoms with Crippen LogP contribution in [-0.4, -0.2) is 27.3 Å². The summed E-state index contributed by atoms with van der Waals surface area (Å²) in [6, 6.07) is 19.0. The summed E-state index contributed by atoms with van der Waals surface area (Å²) in [7, 11) is 0. The lowest BCUT2D eigenvalue weighted by Crippen LogP contribution is -2.17. The number of aromatic nitrogens is 2. The molecule has 2 aromatic carbocycles. The fourth-order valence-electron chi connectivity index (χ4n) is 3.41. The average molecular weight is 478 g/mol. The third-order valence-corrected chi connectivity index (χ3v) is 5.45. The Labute approximate surface area is 200 Å². The quantitative estimate of drug-likeness (QED) is 0.331. The Morgan fingerprint density at radius 1 is 1.06 bits per heavy atom. The smallest absolute Gasteiger partial charge is 0.412 e. The summed E-state index contributed by atoms with van der Waals surface area (Å²) in [6.45, 7) is 3.42. The minimum Gasteiger partial charge on any atom is -0.477 e. The zero-order valence-electron chi connectivity index (χ0n) is 18.3. The molecule has 0 spiro atoms. The molecular formula is C25H20ClN3O5. The Hall–Kier alpha value is -4.17. The van der Waals surface area contributed by atoms with E-state index in [1.54, 1.807) is 68.4 Å². The molecule has 1 atom stereocenters. The van der Waals surface area contributed by atoms with E-state index in [4.69, 9.17) is 20.9 Å². The molecule has 0 bridgehead atoms. The number of carbonyl (C=O) groups excluding carboxylic acids is 1. The van der Waals surface area contributed by atoms with Crippen LogP contribution in [0.4, 0.5) is 10.5 Å². The van der Waals surface area contributed by atoms with Crippen molar-refractivity contribution in [3.05, 3.63) is 88.7 Å². The van der Waals surface area contributed by atoms with Crippen LogP contribution in [0.2, 0.25) is 5.02 Å². The minimum absolute atomic E-state index is 0.0591. The van der Waals surface area contributed by atoms with Crippen molar-refractivity contribution < 1.29 is 24.0 Å². The Morgan fingerprint density at radius 3 is 2.56 bits per heavy atom. The lowest BCUT2D eigenvalue weighted by molar-refractivity contribution is 0.0690. The number of aryl methyl sites for hydroxylation is 1. The number of carbonyl (C=O) groups is 2. The summed E-state index contributed by atoms with van der Waals surface area (Å²) in [5.41, 5.74) is 3.24. The molecule has 4 aromatic rings. The number of hydrogen-bond acceptors (Lipinski definition) is 6. The van der Waals surface area contributed by atoms with E-state index in [9.17, 15) is 14.7 Å². The molecule has 0 aliphatic rings. The maximum Gasteiger partial charge on any atom is 0.412 e. The molecular weight excluding hydrogens is 458 g/mol. The third kappa shape index (κ3) is 4.92. The minimum atomic E-state index is -1.11. The number of hydrogen-bond donors (Lipinski definition) is 2. The fraction of sp³-hybridized carbons (Fsp3) is 0.120. The van der Waals surface area contributed by atoms with Gasteiger partial charge in [-0.1, -0.05) is 59.2 Å². The summed E-state index contributed by atoms with van der Waals surface area (Å²) in [5.74, 6) is -0.782. The van der Waals surface area contributed by atoms with Gasteiger partial charge in [0.15, 0.2) is 5.76 Å². The van der Waals surface area contributed by atoms with Crippen molar-refractivity contribution in [1.82, 2.24) is 10.1 Å². The molecule has 2 aromatic heterocycles. The predicted octanol–water partition coefficient (Wildman–Crippen LogP) is 6.37. The number of benzene rings is 2. The lowest BCUT2D eigenvalue weighted by Gasteiger charge is -2.15. The number of amides is 1. The first kappa shape index (κ1) is 23.0. The molecule has 2 N–H and O–H groups in total. The monoisotopic (exact) mass is 477 g/mol. The molecule has 1 amide bonds. The maximum absolute atomic E-state index is 12.6. The first-order valence-corrected chi connectivity index (χ1v) is 10.7. The average Bonchev–Trinajstić information content (AvgIpc) is 3.19. The molecule has 0 radical (unpaired) electrons. The highest BCUT2D eigenvalue weighted by Gasteiger charge is 2.21. The number of carboxylic acid groups (broad SMARTS) is 1. The molecule has 0 saturated heterocycles. The van der Waals surface area contributed by atoms with Crippen LogP contribution in [0, 0.1) is 6.92 Å². The van der Waals surface area contributed by atoms with Crippen LogP contribution in [0.5, 0.6) is 0 Å². The van der Waals surface area contributed by atoms with Gasteiger partial charge < -0.3 is 14.4 Å². The van der Waals surface area contributed by atoms with Crippen molar-refractivity contribution >= 4 is 29.4 Å². The topological polar surface area (TPSA) is 115 Å². The van der Waals surface area contributed by atoms with Gasteiger partial charge in [0.2, 0.25) is 0 Å². The van der Waals surface area contributed by atoms with Crippen LogP contribution in [0.25, 0.3) is 22.6 Å². The molecule has 0 fully saturated rings. The number of nitrogens with zero attached hydrogens (tertiary/aromatic N) is 2. The van der Waals surface area contributed by atoms with Crippen molar-refractivity contribution in [1.29, 1.82) is 0 Å². The zero-order valence-corrected chi connectivity index (χ0v) is 19.0. The van der Waals surface area contributed by atoms with Crippen molar-refractivity contribution in [2.75, 3.05) is 5.32 Å². The number of halogens is 1. The van der Waals surface area contributed by atoms with Crippen LogP contribution < -0.4 is 5.32 Å². The van der Waals surface area contributed by atoms with Crippen LogP contribution >= 0.6 is 11.6 Å². The molecule has 8 nitrogen and oxygen atoms in total. The molecule has 2 heterocycles. The van der Waals surface area contributed by atoms with Gasteiger partial charge >= 0.3 is 12.1 Å². The molecule has 0 aliphatic carbocycles. The van der Waals surface area contributed by atoms with Crippen molar-refractivity contribution in [2.45, 2.75) is 20.0 Å². The summed E-state index contributed by atoms with van der Waals surface area (Å²) in [6.07, 6.45) is -1.26. The first-order chi connectivity index (χ1) is 16.3. The maximum atomic E-state index is 12.6. The Balaban J connectivity index is 1.58. The summed E-state index contributed by atoms with van der Waals surface area (Å²) in [5, 5.41) is 16.4. The van der Waals surface area contributed by atoms with E-state index in [1.165, 1.54) is 6.07 Å². The molecule has 1 unspecified atom stereocenters. The molecule has 0 aliphatic heterocycles. The Kier molecular flexibility index (Phi) is 6.60. The second-order valence-electron chi connectivity index (χ2n) is 7.46. The first-order valence-electron chi connectivity index (χ1n) is 10.3. The van der Waals surface area contributed by atoms with Gasteiger partial charge in [0, 0.05) is 21.7 Å². The third-order valence-electron chi connectivity index (χ3n) is 5.11. The second kappa shape index (κ2) is 9.76. The normalized spacial score (nSPS) is 11.6. The van der Waals surface area contributed by atoms with Crippen molar-refractivity contribution in [3.8, 4) is 22.6 Å². The number of pyridine rings is 1. The number of rotatable bonds is 6. The number of ether oxygens (including phenoxy) is 1. The van der Waals surface area contributed by atoms with Gasteiger partial charge in [-0.3, -0.25) is 5.32 Å². The van der Waals surface area contributed by atoms with Gasteiger partial charge in [0.05, 0.1) is 5.69 Å². The van der Waals surface area contributed by atoms with E-state index < -0.39 is 18.2 Å². The molecule has 172 valence electrons. The van der Waals surface area contributed by atoms with Gasteiger partial charge in [-0.15, -0.1) is 0 Å². The number of carboxylic acids is 1. The van der Waals surface area contributed by atoms with Gasteiger partial charge in [0.25, 0.3) is 0 Å². The van der Waals surface area contributed by atoms with E-state index in [-0.39, 0.29) is 5.69 Å². The lowest BCUT2D eigenvalue weighted by atomic mass is 10.0. The van der Waals surface area contributed by atoms with E-state index in [2.05, 4.69) is 15.5 Å². The number of anilines is 1. The van der Waals surface area contributed by atoms with Crippen LogP contribution in [0.3, 0.4) is 0 Å². The van der Waals surface area contributed by atoms with Crippen LogP contribution in [0.1, 0.15) is 34.8 Å². The molecule has 34 heavy (non-hydrogen) atoms. The molecule has 0 saturated carbocycles. The predicted molar refractivity (Wildman–Crippen MR) is 127 cm³/mol. The van der Waals surface area contributed by atoms with Gasteiger partial charge in [-0.05, 0) is 38.1 Å². The van der Waals surface area contributed by atoms with Crippen LogP contribution in [-0.2, 0) is 4.74 Å². The highest BCUT2D eigenvalue weighted by Crippen LogP contribution is 2.34. The number of nitrogens with one attached hydrogen (secondary N) is 1. The van der Waals surface area contributed by atoms with Gasteiger partial charge in [-0.2, -0.15) is 0 Å². The van der Waals surface area contributed by atoms with Crippen LogP contribution in [0.15, 0.2) is 71.3 Å². The van der Waals surface area contributed by atoms with E-state index in [0.29, 0.717) is 44.5 Å². The second-order valence-corrected chi connectivity index (χ2v) is 7.87. The van der Waals surface area contributed by atoms with Crippen molar-refractivity contribution in [3.63, 3.8) is 0 Å². The van der Waals surface area contributed by atoms with Crippen molar-refractivity contribution in [2.24, 2.45) is 0 Å². The highest BCUT2D eigenvalue weighted by atomic mass is 35.5. The Bertz CT molecular complexity index is 1370. The largest absolute Gasteiger partial charge is 0.477 e. The summed E-state index contributed by atoms with van der Waals surface area (Å²) < 4.78 is 11.0. The molecule has 4 rings (SSSR count). The Morgan fingerprint density at radius 2 is 1.79 bits per heavy atom. The summed E-state index contributed by atoms with van der Waals surface area (Å²) in [4.78, 5) is 28.1. The fourth-order valence-corrected chi connectivity index (χ4v) is 3.70. The summed E-state index contributed by atoms with van der Waals surface area (Å²) >= 11 is 6.19. The van der Waals surface area contributed by atoms with E-state index in [1.807, 2.05) is 6.07 Å². The molecule has 9 heteroatoms. The highest BCUT2D eigenvalue weighted by molar-refractivity contribution is 6.31. The van der Waals surface area contributed by atoms with E-state index >= 15 is 0 Å². The van der Waals surface area contributed by atoms with E-state index in [0.717, 1.165) is 0 Å². The number of aromatic carboxylic acids is 1. The van der Waals surface area contributed by atoms with Gasteiger partial charge in [-0.25, -0.2) is 14.6 Å².